The highest BCUT2D eigenvalue weighted by Gasteiger charge is 2.18. The molecule has 1 aromatic rings. The minimum absolute atomic E-state index is 0.102. The summed E-state index contributed by atoms with van der Waals surface area (Å²) in [5.41, 5.74) is -0.102. The van der Waals surface area contributed by atoms with Crippen LogP contribution in [0.3, 0.4) is 0 Å². The first-order valence-corrected chi connectivity index (χ1v) is 8.64. The quantitative estimate of drug-likeness (QED) is 0.261. The fourth-order valence-electron chi connectivity index (χ4n) is 2.19. The third-order valence-corrected chi connectivity index (χ3v) is 3.43. The van der Waals surface area contributed by atoms with Crippen LogP contribution >= 0.6 is 0 Å². The van der Waals surface area contributed by atoms with E-state index in [4.69, 9.17) is 14.2 Å². The molecular formula is C18H25NO7. The first kappa shape index (κ1) is 21.4. The van der Waals surface area contributed by atoms with Crippen LogP contribution in [0.25, 0.3) is 0 Å². The predicted octanol–water partition coefficient (Wildman–Crippen LogP) is 4.40. The standard InChI is InChI=1S/C18H25NO7/c1-4-5-6-15(11-12-17(20)24-13(2)3)25-18(21)26-16-9-7-14(8-10-16)19(22)23/h7-10,13,15H,4-6,11-12H2,1-3H3. The van der Waals surface area contributed by atoms with Gasteiger partial charge >= 0.3 is 12.1 Å². The van der Waals surface area contributed by atoms with E-state index in [9.17, 15) is 19.7 Å². The minimum Gasteiger partial charge on any atom is -0.463 e. The van der Waals surface area contributed by atoms with Crippen LogP contribution in [0.2, 0.25) is 0 Å². The summed E-state index contributed by atoms with van der Waals surface area (Å²) in [7, 11) is 0. The van der Waals surface area contributed by atoms with Crippen LogP contribution in [0.4, 0.5) is 10.5 Å². The second-order valence-corrected chi connectivity index (χ2v) is 6.06. The van der Waals surface area contributed by atoms with Crippen molar-refractivity contribution in [2.45, 2.75) is 65.1 Å². The fourth-order valence-corrected chi connectivity index (χ4v) is 2.19. The van der Waals surface area contributed by atoms with Gasteiger partial charge in [0.15, 0.2) is 0 Å². The van der Waals surface area contributed by atoms with E-state index >= 15 is 0 Å². The van der Waals surface area contributed by atoms with E-state index in [1.54, 1.807) is 13.8 Å². The molecule has 8 heteroatoms. The number of nitro groups is 1. The van der Waals surface area contributed by atoms with E-state index in [-0.39, 0.29) is 29.9 Å². The van der Waals surface area contributed by atoms with Crippen LogP contribution in [0.1, 0.15) is 52.9 Å². The molecule has 0 spiro atoms. The van der Waals surface area contributed by atoms with Crippen molar-refractivity contribution in [2.24, 2.45) is 0 Å². The fraction of sp³-hybridized carbons (Fsp3) is 0.556. The van der Waals surface area contributed by atoms with Crippen molar-refractivity contribution in [2.75, 3.05) is 0 Å². The number of esters is 1. The van der Waals surface area contributed by atoms with Crippen LogP contribution in [-0.2, 0) is 14.3 Å². The zero-order valence-corrected chi connectivity index (χ0v) is 15.3. The van der Waals surface area contributed by atoms with Gasteiger partial charge in [0.25, 0.3) is 5.69 Å². The van der Waals surface area contributed by atoms with Gasteiger partial charge in [-0.05, 0) is 38.8 Å². The summed E-state index contributed by atoms with van der Waals surface area (Å²) < 4.78 is 15.4. The number of benzene rings is 1. The second-order valence-electron chi connectivity index (χ2n) is 6.06. The largest absolute Gasteiger partial charge is 0.514 e. The number of hydrogen-bond donors (Lipinski definition) is 0. The molecule has 0 fully saturated rings. The van der Waals surface area contributed by atoms with Crippen LogP contribution < -0.4 is 4.74 Å². The Bertz CT molecular complexity index is 598. The number of hydrogen-bond acceptors (Lipinski definition) is 7. The molecule has 1 aromatic carbocycles. The zero-order chi connectivity index (χ0) is 19.5. The Morgan fingerprint density at radius 3 is 2.31 bits per heavy atom. The molecule has 8 nitrogen and oxygen atoms in total. The molecule has 0 N–H and O–H groups in total. The van der Waals surface area contributed by atoms with Crippen molar-refractivity contribution >= 4 is 17.8 Å². The van der Waals surface area contributed by atoms with Gasteiger partial charge in [-0.15, -0.1) is 0 Å². The minimum atomic E-state index is -0.905. The average Bonchev–Trinajstić information content (AvgIpc) is 2.57. The molecule has 26 heavy (non-hydrogen) atoms. The van der Waals surface area contributed by atoms with Gasteiger partial charge in [0.1, 0.15) is 11.9 Å². The van der Waals surface area contributed by atoms with Gasteiger partial charge in [0, 0.05) is 18.6 Å². The molecule has 1 unspecified atom stereocenters. The van der Waals surface area contributed by atoms with E-state index < -0.39 is 17.2 Å². The van der Waals surface area contributed by atoms with Crippen LogP contribution in [0, 0.1) is 10.1 Å². The molecule has 144 valence electrons. The van der Waals surface area contributed by atoms with Gasteiger partial charge in [-0.1, -0.05) is 19.8 Å². The van der Waals surface area contributed by atoms with Crippen LogP contribution in [0.5, 0.6) is 5.75 Å². The molecule has 0 saturated heterocycles. The summed E-state index contributed by atoms with van der Waals surface area (Å²) in [6.07, 6.45) is 1.32. The molecule has 0 aliphatic heterocycles. The number of carbonyl (C=O) groups is 2. The van der Waals surface area contributed by atoms with Crippen molar-refractivity contribution < 1.29 is 28.7 Å². The average molecular weight is 367 g/mol. The summed E-state index contributed by atoms with van der Waals surface area (Å²) in [5, 5.41) is 10.6. The van der Waals surface area contributed by atoms with Crippen LogP contribution in [0.15, 0.2) is 24.3 Å². The highest BCUT2D eigenvalue weighted by Crippen LogP contribution is 2.19. The van der Waals surface area contributed by atoms with E-state index in [1.807, 2.05) is 6.92 Å². The van der Waals surface area contributed by atoms with Crippen molar-refractivity contribution in [3.8, 4) is 5.75 Å². The lowest BCUT2D eigenvalue weighted by Gasteiger charge is -2.17. The molecule has 0 aliphatic carbocycles. The molecule has 0 heterocycles. The lowest BCUT2D eigenvalue weighted by molar-refractivity contribution is -0.384. The van der Waals surface area contributed by atoms with E-state index in [2.05, 4.69) is 0 Å². The van der Waals surface area contributed by atoms with Gasteiger partial charge in [0.05, 0.1) is 11.0 Å². The number of ether oxygens (including phenoxy) is 3. The number of carbonyl (C=O) groups excluding carboxylic acids is 2. The Labute approximate surface area is 152 Å². The van der Waals surface area contributed by atoms with E-state index in [1.165, 1.54) is 24.3 Å². The van der Waals surface area contributed by atoms with Gasteiger partial charge in [-0.25, -0.2) is 4.79 Å². The first-order valence-electron chi connectivity index (χ1n) is 8.64. The maximum absolute atomic E-state index is 11.9. The monoisotopic (exact) mass is 367 g/mol. The van der Waals surface area contributed by atoms with Gasteiger partial charge in [0.2, 0.25) is 0 Å². The molecule has 1 rings (SSSR count). The molecular weight excluding hydrogens is 342 g/mol. The van der Waals surface area contributed by atoms with E-state index in [0.717, 1.165) is 12.8 Å². The lowest BCUT2D eigenvalue weighted by Crippen LogP contribution is -2.23. The van der Waals surface area contributed by atoms with E-state index in [0.29, 0.717) is 12.8 Å². The zero-order valence-electron chi connectivity index (χ0n) is 15.3. The first-order chi connectivity index (χ1) is 12.3. The number of unbranched alkanes of at least 4 members (excludes halogenated alkanes) is 1. The third kappa shape index (κ3) is 8.46. The second kappa shape index (κ2) is 11.1. The Hall–Kier alpha value is -2.64. The van der Waals surface area contributed by atoms with Gasteiger partial charge < -0.3 is 14.2 Å². The normalized spacial score (nSPS) is 11.7. The molecule has 1 atom stereocenters. The van der Waals surface area contributed by atoms with Crippen molar-refractivity contribution in [1.29, 1.82) is 0 Å². The molecule has 0 amide bonds. The third-order valence-electron chi connectivity index (χ3n) is 3.43. The SMILES string of the molecule is CCCCC(CCC(=O)OC(C)C)OC(=O)Oc1ccc([N+](=O)[O-])cc1. The lowest BCUT2D eigenvalue weighted by atomic mass is 10.1. The summed E-state index contributed by atoms with van der Waals surface area (Å²) >= 11 is 0. The highest BCUT2D eigenvalue weighted by molar-refractivity contribution is 5.69. The number of nitrogens with zero attached hydrogens (tertiary/aromatic N) is 1. The Morgan fingerprint density at radius 2 is 1.77 bits per heavy atom. The number of non-ortho nitro benzene ring substituents is 1. The molecule has 0 radical (unpaired) electrons. The highest BCUT2D eigenvalue weighted by atomic mass is 16.7. The molecule has 0 aliphatic rings. The van der Waals surface area contributed by atoms with Gasteiger partial charge in [-0.2, -0.15) is 0 Å². The smallest absolute Gasteiger partial charge is 0.463 e. The Balaban J connectivity index is 2.55. The number of rotatable bonds is 10. The Kier molecular flexibility index (Phi) is 9.11. The van der Waals surface area contributed by atoms with Crippen molar-refractivity contribution in [1.82, 2.24) is 0 Å². The molecule has 0 saturated carbocycles. The topological polar surface area (TPSA) is 105 Å². The van der Waals surface area contributed by atoms with Crippen LogP contribution in [-0.4, -0.2) is 29.3 Å². The Morgan fingerprint density at radius 1 is 1.12 bits per heavy atom. The van der Waals surface area contributed by atoms with Crippen molar-refractivity contribution in [3.05, 3.63) is 34.4 Å². The predicted molar refractivity (Wildman–Crippen MR) is 94.0 cm³/mol. The summed E-state index contributed by atoms with van der Waals surface area (Å²) in [6, 6.07) is 5.11. The summed E-state index contributed by atoms with van der Waals surface area (Å²) in [4.78, 5) is 33.6. The summed E-state index contributed by atoms with van der Waals surface area (Å²) in [5.74, 6) is -0.192. The summed E-state index contributed by atoms with van der Waals surface area (Å²) in [6.45, 7) is 5.55. The number of nitro benzene ring substituents is 1. The molecule has 0 bridgehead atoms. The molecule has 0 aromatic heterocycles. The maximum atomic E-state index is 11.9. The van der Waals surface area contributed by atoms with Gasteiger partial charge in [-0.3, -0.25) is 14.9 Å². The maximum Gasteiger partial charge on any atom is 0.514 e. The van der Waals surface area contributed by atoms with Crippen molar-refractivity contribution in [3.63, 3.8) is 0 Å².